The molecule has 1 fully saturated rings. The van der Waals surface area contributed by atoms with Crippen LogP contribution < -0.4 is 15.5 Å². The van der Waals surface area contributed by atoms with Gasteiger partial charge in [-0.25, -0.2) is 14.7 Å². The van der Waals surface area contributed by atoms with E-state index in [1.807, 2.05) is 127 Å². The number of anilines is 3. The highest BCUT2D eigenvalue weighted by molar-refractivity contribution is 6.83. The molecular weight excluding hydrogens is 847 g/mol. The molecule has 66 heavy (non-hydrogen) atoms. The number of nitrogens with zero attached hydrogens (tertiary/aromatic N) is 3. The molecular formula is C53H55N5O7Si. The van der Waals surface area contributed by atoms with Crippen molar-refractivity contribution in [2.45, 2.75) is 76.8 Å². The van der Waals surface area contributed by atoms with Crippen molar-refractivity contribution in [3.63, 3.8) is 0 Å². The minimum Gasteiger partial charge on any atom is -0.418 e. The van der Waals surface area contributed by atoms with E-state index in [0.29, 0.717) is 28.3 Å². The molecule has 0 saturated carbocycles. The highest BCUT2D eigenvalue weighted by Crippen LogP contribution is 2.44. The first-order valence-electron chi connectivity index (χ1n) is 22.0. The average Bonchev–Trinajstić information content (AvgIpc) is 3.82. The molecule has 0 radical (unpaired) electrons. The summed E-state index contributed by atoms with van der Waals surface area (Å²) in [7, 11) is -2.01. The van der Waals surface area contributed by atoms with Crippen LogP contribution in [0.25, 0.3) is 0 Å². The number of para-hydroxylation sites is 2. The predicted molar refractivity (Wildman–Crippen MR) is 259 cm³/mol. The Balaban J connectivity index is 1.20. The van der Waals surface area contributed by atoms with Gasteiger partial charge in [0.2, 0.25) is 18.1 Å². The molecule has 3 unspecified atom stereocenters. The fourth-order valence-electron chi connectivity index (χ4n) is 7.98. The second-order valence-electron chi connectivity index (χ2n) is 18.4. The van der Waals surface area contributed by atoms with E-state index in [4.69, 9.17) is 19.2 Å². The number of aliphatic hydroxyl groups is 2. The highest BCUT2D eigenvalue weighted by Gasteiger charge is 2.48. The van der Waals surface area contributed by atoms with Gasteiger partial charge in [-0.2, -0.15) is 0 Å². The van der Waals surface area contributed by atoms with Gasteiger partial charge in [0.25, 0.3) is 0 Å². The largest absolute Gasteiger partial charge is 0.421 e. The first-order valence-corrected chi connectivity index (χ1v) is 25.5. The normalized spacial score (nSPS) is 19.3. The number of ether oxygens (including phenoxy) is 3. The van der Waals surface area contributed by atoms with Crippen molar-refractivity contribution in [3.8, 4) is 11.5 Å². The third-order valence-electron chi connectivity index (χ3n) is 11.3. The summed E-state index contributed by atoms with van der Waals surface area (Å²) in [5.74, 6) is 3.28. The van der Waals surface area contributed by atoms with Gasteiger partial charge in [-0.1, -0.05) is 174 Å². The molecule has 12 nitrogen and oxygen atoms in total. The quantitative estimate of drug-likeness (QED) is 0.0605. The van der Waals surface area contributed by atoms with Gasteiger partial charge in [-0.15, -0.1) is 5.54 Å². The summed E-state index contributed by atoms with van der Waals surface area (Å²) in [6, 6.07) is 47.8. The fraction of sp³-hybridized carbons (Fsp3) is 0.264. The molecule has 338 valence electrons. The molecule has 1 saturated heterocycles. The van der Waals surface area contributed by atoms with Crippen LogP contribution in [0.5, 0.6) is 0 Å². The number of carbonyl (C=O) groups excluding carboxylic acids is 2. The van der Waals surface area contributed by atoms with Crippen molar-refractivity contribution in [2.24, 2.45) is 10.4 Å². The molecule has 2 amide bonds. The zero-order chi connectivity index (χ0) is 46.6. The Morgan fingerprint density at radius 3 is 1.73 bits per heavy atom. The molecule has 0 bridgehead atoms. The summed E-state index contributed by atoms with van der Waals surface area (Å²) in [6.45, 7) is 11.5. The zero-order valence-electron chi connectivity index (χ0n) is 37.9. The second-order valence-corrected chi connectivity index (χ2v) is 23.1. The molecule has 5 aromatic carbocycles. The third kappa shape index (κ3) is 9.60. The third-order valence-corrected chi connectivity index (χ3v) is 12.2. The van der Waals surface area contributed by atoms with Gasteiger partial charge in [0.15, 0.2) is 6.23 Å². The monoisotopic (exact) mass is 901 g/mol. The molecule has 8 rings (SSSR count). The van der Waals surface area contributed by atoms with Crippen LogP contribution in [-0.4, -0.2) is 65.7 Å². The number of hydrogen-bond donors (Lipinski definition) is 4. The number of benzene rings is 5. The SMILES string of the molecule is CC(C)(C)C(=O)NC1=NC(OC(=O)N(c2ccccc2)c2ccccc2)c2c(C#C[Si](C)(C)C)cn(C3OC(COC(c4ccccc4)(c4ccccc4)c4ccccc4)[C@@H](O)[C@H]3O)c2N1. The molecule has 6 aromatic rings. The Morgan fingerprint density at radius 1 is 0.773 bits per heavy atom. The molecule has 1 aromatic heterocycles. The molecule has 4 N–H and O–H groups in total. The van der Waals surface area contributed by atoms with Crippen LogP contribution in [0.15, 0.2) is 163 Å². The lowest BCUT2D eigenvalue weighted by Gasteiger charge is -2.37. The first kappa shape index (κ1) is 45.8. The Kier molecular flexibility index (Phi) is 13.2. The topological polar surface area (TPSA) is 147 Å². The van der Waals surface area contributed by atoms with Gasteiger partial charge in [0, 0.05) is 11.6 Å². The Hall–Kier alpha value is -6.79. The maximum Gasteiger partial charge on any atom is 0.421 e. The number of hydrogen-bond acceptors (Lipinski definition) is 9. The number of rotatable bonds is 10. The summed E-state index contributed by atoms with van der Waals surface area (Å²) >= 11 is 0. The number of amides is 2. The number of guanidine groups is 1. The van der Waals surface area contributed by atoms with Gasteiger partial charge < -0.3 is 34.3 Å². The van der Waals surface area contributed by atoms with Crippen LogP contribution in [0.4, 0.5) is 22.0 Å². The van der Waals surface area contributed by atoms with Crippen molar-refractivity contribution in [1.29, 1.82) is 0 Å². The van der Waals surface area contributed by atoms with E-state index in [9.17, 15) is 19.8 Å². The number of fused-ring (bicyclic) bond motifs is 1. The average molecular weight is 902 g/mol. The van der Waals surface area contributed by atoms with Gasteiger partial charge in [0.1, 0.15) is 37.8 Å². The lowest BCUT2D eigenvalue weighted by molar-refractivity contribution is -0.126. The van der Waals surface area contributed by atoms with Crippen LogP contribution in [0, 0.1) is 16.9 Å². The maximum atomic E-state index is 14.6. The van der Waals surface area contributed by atoms with Crippen molar-refractivity contribution >= 4 is 43.2 Å². The first-order chi connectivity index (χ1) is 31.6. The summed E-state index contributed by atoms with van der Waals surface area (Å²) < 4.78 is 21.7. The van der Waals surface area contributed by atoms with Crippen molar-refractivity contribution in [1.82, 2.24) is 9.88 Å². The van der Waals surface area contributed by atoms with Crippen LogP contribution >= 0.6 is 0 Å². The van der Waals surface area contributed by atoms with Gasteiger partial charge in [-0.3, -0.25) is 10.1 Å². The summed E-state index contributed by atoms with van der Waals surface area (Å²) in [5, 5.41) is 30.0. The van der Waals surface area contributed by atoms with E-state index in [0.717, 1.165) is 16.7 Å². The zero-order valence-corrected chi connectivity index (χ0v) is 38.9. The second kappa shape index (κ2) is 19.0. The van der Waals surface area contributed by atoms with Crippen molar-refractivity contribution in [2.75, 3.05) is 16.8 Å². The van der Waals surface area contributed by atoms with Gasteiger partial charge in [-0.05, 0) is 41.0 Å². The lowest BCUT2D eigenvalue weighted by Crippen LogP contribution is -2.44. The van der Waals surface area contributed by atoms with Crippen LogP contribution in [0.2, 0.25) is 19.6 Å². The summed E-state index contributed by atoms with van der Waals surface area (Å²) in [4.78, 5) is 34.3. The predicted octanol–water partition coefficient (Wildman–Crippen LogP) is 9.26. The lowest BCUT2D eigenvalue weighted by atomic mass is 9.80. The molecule has 0 spiro atoms. The molecule has 0 aliphatic carbocycles. The smallest absolute Gasteiger partial charge is 0.418 e. The molecule has 3 heterocycles. The molecule has 2 aliphatic rings. The Morgan fingerprint density at radius 2 is 1.26 bits per heavy atom. The van der Waals surface area contributed by atoms with Gasteiger partial charge >= 0.3 is 6.09 Å². The summed E-state index contributed by atoms with van der Waals surface area (Å²) in [5.41, 5.74) is 6.03. The van der Waals surface area contributed by atoms with Crippen LogP contribution in [-0.2, 0) is 24.6 Å². The van der Waals surface area contributed by atoms with E-state index in [2.05, 4.69) is 41.7 Å². The fourth-order valence-corrected chi connectivity index (χ4v) is 8.49. The number of aromatic nitrogens is 1. The highest BCUT2D eigenvalue weighted by atomic mass is 28.3. The van der Waals surface area contributed by atoms with E-state index in [1.165, 1.54) is 4.90 Å². The van der Waals surface area contributed by atoms with Crippen LogP contribution in [0.1, 0.15) is 61.0 Å². The minimum atomic E-state index is -2.01. The summed E-state index contributed by atoms with van der Waals surface area (Å²) in [6.07, 6.45) is -5.46. The van der Waals surface area contributed by atoms with Gasteiger partial charge in [0.05, 0.1) is 29.1 Å². The van der Waals surface area contributed by atoms with E-state index in [-0.39, 0.29) is 18.5 Å². The van der Waals surface area contributed by atoms with E-state index >= 15 is 0 Å². The number of carbonyl (C=O) groups is 2. The Labute approximate surface area is 386 Å². The number of aliphatic imine (C=N–C) groups is 1. The number of aliphatic hydroxyl groups excluding tert-OH is 2. The number of nitrogens with one attached hydrogen (secondary N) is 2. The van der Waals surface area contributed by atoms with E-state index < -0.39 is 56.0 Å². The molecule has 2 aliphatic heterocycles. The molecule has 13 heteroatoms. The Bertz CT molecular complexity index is 2590. The minimum absolute atomic E-state index is 0.00142. The van der Waals surface area contributed by atoms with Crippen molar-refractivity contribution in [3.05, 3.63) is 186 Å². The van der Waals surface area contributed by atoms with E-state index in [1.54, 1.807) is 55.8 Å². The van der Waals surface area contributed by atoms with Crippen molar-refractivity contribution < 1.29 is 34.0 Å². The van der Waals surface area contributed by atoms with Crippen LogP contribution in [0.3, 0.4) is 0 Å². The molecule has 5 atom stereocenters. The maximum absolute atomic E-state index is 14.6. The standard InChI is InChI=1S/C53H55N5O7Si/c1-52(2,3)49(61)56-50-54-46-43(47(55-50)65-51(62)58(40-28-18-10-19-29-40)41-30-20-11-21-31-41)36(32-33-66(4,5)6)34-57(46)48-45(60)44(59)42(64-48)35-63-53(37-22-12-7-13-23-37,38-24-14-8-15-25-38)39-26-16-9-17-27-39/h7-31,34,42,44-45,47-48,59-60H,35H2,1-6H3,(H2,54,55,56,61)/t42?,44-,45-,47?,48?/m1/s1.